The van der Waals surface area contributed by atoms with Gasteiger partial charge in [-0.1, -0.05) is 30.3 Å². The van der Waals surface area contributed by atoms with Crippen LogP contribution in [0.3, 0.4) is 0 Å². The molecule has 84 valence electrons. The van der Waals surface area contributed by atoms with Gasteiger partial charge in [0.15, 0.2) is 0 Å². The molecular weight excluding hydrogens is 198 g/mol. The molecule has 2 aliphatic rings. The normalized spacial score (nSPS) is 27.2. The van der Waals surface area contributed by atoms with E-state index in [9.17, 15) is 4.79 Å². The van der Waals surface area contributed by atoms with Crippen LogP contribution in [0.4, 0.5) is 0 Å². The van der Waals surface area contributed by atoms with Crippen molar-refractivity contribution in [3.8, 4) is 0 Å². The predicted molar refractivity (Wildman–Crippen MR) is 63.1 cm³/mol. The third-order valence-corrected chi connectivity index (χ3v) is 4.06. The monoisotopic (exact) mass is 215 g/mol. The first-order valence-corrected chi connectivity index (χ1v) is 6.13. The molecule has 3 rings (SSSR count). The zero-order valence-electron chi connectivity index (χ0n) is 9.41. The van der Waals surface area contributed by atoms with Crippen molar-refractivity contribution in [2.45, 2.75) is 43.6 Å². The number of nitrogens with one attached hydrogen (secondary N) is 1. The van der Waals surface area contributed by atoms with Crippen LogP contribution < -0.4 is 5.32 Å². The van der Waals surface area contributed by atoms with E-state index in [1.165, 1.54) is 24.8 Å². The van der Waals surface area contributed by atoms with E-state index in [1.807, 2.05) is 6.07 Å². The minimum atomic E-state index is 0.149. The number of carbonyl (C=O) groups is 1. The minimum absolute atomic E-state index is 0.149. The van der Waals surface area contributed by atoms with E-state index < -0.39 is 0 Å². The summed E-state index contributed by atoms with van der Waals surface area (Å²) >= 11 is 0. The fourth-order valence-corrected chi connectivity index (χ4v) is 3.06. The summed E-state index contributed by atoms with van der Waals surface area (Å²) in [7, 11) is 0. The highest BCUT2D eigenvalue weighted by atomic mass is 16.1. The average Bonchev–Trinajstić information content (AvgIpc) is 2.27. The van der Waals surface area contributed by atoms with Crippen molar-refractivity contribution >= 4 is 5.91 Å². The maximum atomic E-state index is 11.7. The Bertz CT molecular complexity index is 394. The Morgan fingerprint density at radius 3 is 2.56 bits per heavy atom. The van der Waals surface area contributed by atoms with Crippen LogP contribution in [-0.4, -0.2) is 11.4 Å². The van der Waals surface area contributed by atoms with Crippen molar-refractivity contribution < 1.29 is 4.79 Å². The molecule has 0 aromatic heterocycles. The Kier molecular flexibility index (Phi) is 2.23. The minimum Gasteiger partial charge on any atom is -0.351 e. The van der Waals surface area contributed by atoms with E-state index in [2.05, 4.69) is 29.6 Å². The van der Waals surface area contributed by atoms with E-state index in [1.54, 1.807) is 0 Å². The summed E-state index contributed by atoms with van der Waals surface area (Å²) in [6.45, 7) is 0. The maximum Gasteiger partial charge on any atom is 0.221 e. The highest BCUT2D eigenvalue weighted by Gasteiger charge is 2.43. The van der Waals surface area contributed by atoms with Gasteiger partial charge >= 0.3 is 0 Å². The molecular formula is C14H17NO. The van der Waals surface area contributed by atoms with Crippen molar-refractivity contribution in [1.82, 2.24) is 5.32 Å². The molecule has 1 saturated carbocycles. The molecule has 1 aromatic rings. The van der Waals surface area contributed by atoms with Crippen LogP contribution in [0, 0.1) is 0 Å². The van der Waals surface area contributed by atoms with Gasteiger partial charge in [-0.05, 0) is 37.2 Å². The number of piperidine rings is 1. The molecule has 0 bridgehead atoms. The van der Waals surface area contributed by atoms with Gasteiger partial charge in [0.05, 0.1) is 0 Å². The molecule has 1 N–H and O–H groups in total. The van der Waals surface area contributed by atoms with Crippen LogP contribution in [0.15, 0.2) is 30.3 Å². The van der Waals surface area contributed by atoms with Gasteiger partial charge in [0, 0.05) is 12.0 Å². The fraction of sp³-hybridized carbons (Fsp3) is 0.500. The Labute approximate surface area is 96.1 Å². The van der Waals surface area contributed by atoms with Crippen molar-refractivity contribution in [3.63, 3.8) is 0 Å². The van der Waals surface area contributed by atoms with Gasteiger partial charge in [0.2, 0.25) is 5.91 Å². The number of hydrogen-bond acceptors (Lipinski definition) is 1. The van der Waals surface area contributed by atoms with Gasteiger partial charge in [-0.3, -0.25) is 4.79 Å². The summed E-state index contributed by atoms with van der Waals surface area (Å²) in [5.74, 6) is 0.662. The zero-order chi connectivity index (χ0) is 11.0. The lowest BCUT2D eigenvalue weighted by atomic mass is 9.67. The number of rotatable bonds is 1. The van der Waals surface area contributed by atoms with Crippen LogP contribution in [0.5, 0.6) is 0 Å². The smallest absolute Gasteiger partial charge is 0.221 e. The first-order chi connectivity index (χ1) is 7.77. The second-order valence-corrected chi connectivity index (χ2v) is 5.20. The third kappa shape index (κ3) is 1.62. The molecule has 16 heavy (non-hydrogen) atoms. The maximum absolute atomic E-state index is 11.7. The molecule has 1 aliphatic carbocycles. The average molecular weight is 215 g/mol. The Morgan fingerprint density at radius 1 is 1.19 bits per heavy atom. The van der Waals surface area contributed by atoms with Gasteiger partial charge in [0.25, 0.3) is 0 Å². The molecule has 1 spiro atoms. The highest BCUT2D eigenvalue weighted by molar-refractivity contribution is 5.79. The molecule has 1 aromatic carbocycles. The summed E-state index contributed by atoms with van der Waals surface area (Å²) in [6, 6.07) is 10.5. The number of carbonyl (C=O) groups excluding carboxylic acids is 1. The lowest BCUT2D eigenvalue weighted by Gasteiger charge is -2.48. The van der Waals surface area contributed by atoms with Crippen molar-refractivity contribution in [2.24, 2.45) is 0 Å². The van der Waals surface area contributed by atoms with Crippen molar-refractivity contribution in [1.29, 1.82) is 0 Å². The van der Waals surface area contributed by atoms with Crippen LogP contribution >= 0.6 is 0 Å². The summed E-state index contributed by atoms with van der Waals surface area (Å²) in [4.78, 5) is 11.7. The summed E-state index contributed by atoms with van der Waals surface area (Å²) in [6.07, 6.45) is 5.39. The molecule has 2 fully saturated rings. The Morgan fingerprint density at radius 2 is 1.94 bits per heavy atom. The van der Waals surface area contributed by atoms with Gasteiger partial charge < -0.3 is 5.32 Å². The van der Waals surface area contributed by atoms with E-state index in [0.29, 0.717) is 12.3 Å². The van der Waals surface area contributed by atoms with E-state index in [0.717, 1.165) is 6.42 Å². The third-order valence-electron chi connectivity index (χ3n) is 4.06. The van der Waals surface area contributed by atoms with Crippen LogP contribution in [0.25, 0.3) is 0 Å². The molecule has 2 heteroatoms. The highest BCUT2D eigenvalue weighted by Crippen LogP contribution is 2.43. The molecule has 1 heterocycles. The van der Waals surface area contributed by atoms with Crippen LogP contribution in [0.1, 0.15) is 43.6 Å². The van der Waals surface area contributed by atoms with Gasteiger partial charge in [-0.15, -0.1) is 0 Å². The molecule has 0 radical (unpaired) electrons. The summed E-state index contributed by atoms with van der Waals surface area (Å²) in [5, 5.41) is 3.19. The second kappa shape index (κ2) is 3.62. The second-order valence-electron chi connectivity index (χ2n) is 5.20. The number of hydrogen-bond donors (Lipinski definition) is 1. The first-order valence-electron chi connectivity index (χ1n) is 6.13. The van der Waals surface area contributed by atoms with Gasteiger partial charge in [-0.2, -0.15) is 0 Å². The van der Waals surface area contributed by atoms with Gasteiger partial charge in [0.1, 0.15) is 0 Å². The summed E-state index contributed by atoms with van der Waals surface area (Å²) < 4.78 is 0. The summed E-state index contributed by atoms with van der Waals surface area (Å²) in [5.41, 5.74) is 1.47. The molecule has 1 unspecified atom stereocenters. The molecule has 1 aliphatic heterocycles. The molecule has 1 atom stereocenters. The van der Waals surface area contributed by atoms with Crippen LogP contribution in [0.2, 0.25) is 0 Å². The zero-order valence-corrected chi connectivity index (χ0v) is 9.41. The molecule has 1 amide bonds. The Hall–Kier alpha value is -1.31. The SMILES string of the molecule is O=C1CC(c2ccccc2)CC2(CCC2)N1. The van der Waals surface area contributed by atoms with E-state index in [4.69, 9.17) is 0 Å². The largest absolute Gasteiger partial charge is 0.351 e. The predicted octanol–water partition coefficient (Wildman–Crippen LogP) is 2.60. The van der Waals surface area contributed by atoms with Crippen LogP contribution in [-0.2, 0) is 4.79 Å². The number of benzene rings is 1. The lowest BCUT2D eigenvalue weighted by Crippen LogP contribution is -2.57. The standard InChI is InChI=1S/C14H17NO/c16-13-9-12(11-5-2-1-3-6-11)10-14(15-13)7-4-8-14/h1-3,5-6,12H,4,7-10H2,(H,15,16). The molecule has 2 nitrogen and oxygen atoms in total. The Balaban J connectivity index is 1.83. The van der Waals surface area contributed by atoms with E-state index in [-0.39, 0.29) is 11.4 Å². The van der Waals surface area contributed by atoms with Crippen molar-refractivity contribution in [2.75, 3.05) is 0 Å². The topological polar surface area (TPSA) is 29.1 Å². The van der Waals surface area contributed by atoms with Gasteiger partial charge in [-0.25, -0.2) is 0 Å². The fourth-order valence-electron chi connectivity index (χ4n) is 3.06. The lowest BCUT2D eigenvalue weighted by molar-refractivity contribution is -0.127. The quantitative estimate of drug-likeness (QED) is 0.766. The first kappa shape index (κ1) is 9.88. The van der Waals surface area contributed by atoms with Crippen molar-refractivity contribution in [3.05, 3.63) is 35.9 Å². The number of amides is 1. The van der Waals surface area contributed by atoms with E-state index >= 15 is 0 Å². The molecule has 1 saturated heterocycles.